The molecular weight excluding hydrogens is 784 g/mol. The van der Waals surface area contributed by atoms with Crippen LogP contribution in [0, 0.1) is 83.1 Å². The number of aromatic amines is 1. The van der Waals surface area contributed by atoms with Gasteiger partial charge in [0.15, 0.2) is 0 Å². The zero-order valence-electron chi connectivity index (χ0n) is 37.5. The van der Waals surface area contributed by atoms with Gasteiger partial charge in [0.25, 0.3) is 0 Å². The number of nitrogens with zero attached hydrogens (tertiary/aromatic N) is 3. The topological polar surface area (TPSA) is 46.5 Å². The van der Waals surface area contributed by atoms with Crippen molar-refractivity contribution >= 4 is 46.4 Å². The molecular formula is C56H54MnN4. The first-order chi connectivity index (χ1) is 28.6. The van der Waals surface area contributed by atoms with E-state index in [-0.39, 0.29) is 17.1 Å². The first-order valence-corrected chi connectivity index (χ1v) is 21.1. The first-order valence-electron chi connectivity index (χ1n) is 21.1. The van der Waals surface area contributed by atoms with E-state index in [1.54, 1.807) is 0 Å². The molecule has 0 atom stereocenters. The molecule has 61 heavy (non-hydrogen) atoms. The molecule has 305 valence electrons. The second-order valence-electron chi connectivity index (χ2n) is 17.6. The molecule has 2 aliphatic rings. The van der Waals surface area contributed by atoms with Crippen LogP contribution in [0.5, 0.6) is 0 Å². The number of aryl methyl sites for hydroxylation is 12. The number of benzene rings is 4. The quantitative estimate of drug-likeness (QED) is 0.180. The molecule has 0 spiro atoms. The van der Waals surface area contributed by atoms with Gasteiger partial charge in [0.05, 0.1) is 39.5 Å². The summed E-state index contributed by atoms with van der Waals surface area (Å²) in [6.07, 6.45) is 8.69. The molecule has 8 bridgehead atoms. The molecule has 5 heteroatoms. The number of H-pyrrole nitrogens is 1. The molecule has 4 nitrogen and oxygen atoms in total. The van der Waals surface area contributed by atoms with Gasteiger partial charge in [-0.1, -0.05) is 70.8 Å². The Hall–Kier alpha value is -6.00. The fourth-order valence-corrected chi connectivity index (χ4v) is 10.5. The van der Waals surface area contributed by atoms with Gasteiger partial charge in [0.2, 0.25) is 0 Å². The molecule has 4 aromatic carbocycles. The molecule has 9 rings (SSSR count). The summed E-state index contributed by atoms with van der Waals surface area (Å²) in [4.78, 5) is 14.4. The first kappa shape index (κ1) is 41.7. The summed E-state index contributed by atoms with van der Waals surface area (Å²) in [5.41, 5.74) is 31.2. The minimum Gasteiger partial charge on any atom is -0.355 e. The number of fused-ring (bicyclic) bond motifs is 8. The number of aromatic nitrogens is 4. The molecule has 7 aromatic rings. The summed E-state index contributed by atoms with van der Waals surface area (Å²) < 4.78 is 2.60. The Kier molecular flexibility index (Phi) is 10.8. The largest absolute Gasteiger partial charge is 0.355 e. The zero-order valence-corrected chi connectivity index (χ0v) is 38.7. The van der Waals surface area contributed by atoms with E-state index in [1.165, 1.54) is 100 Å². The van der Waals surface area contributed by atoms with Crippen molar-refractivity contribution < 1.29 is 17.1 Å². The molecule has 0 aliphatic carbocycles. The SMILES string of the molecule is Cc1cc(C)c(-c2c(-c3c(C)cc(C)cc3C)c3c(-c4c(C)cc(C)cc4C)c4nc(cc5ccc(cc6nc(cc2n3-c2c(C)cc(C)cc2C)C=C6)[nH]5)C=C4)c(C)c1.[Mn]. The van der Waals surface area contributed by atoms with E-state index >= 15 is 0 Å². The molecule has 0 saturated heterocycles. The van der Waals surface area contributed by atoms with E-state index in [2.05, 4.69) is 196 Å². The average Bonchev–Trinajstić information content (AvgIpc) is 3.95. The Morgan fingerprint density at radius 3 is 1.23 bits per heavy atom. The van der Waals surface area contributed by atoms with Crippen LogP contribution >= 0.6 is 0 Å². The van der Waals surface area contributed by atoms with E-state index in [4.69, 9.17) is 9.97 Å². The molecule has 0 saturated carbocycles. The Bertz CT molecular complexity index is 3130. The third-order valence-corrected chi connectivity index (χ3v) is 12.3. The van der Waals surface area contributed by atoms with Gasteiger partial charge < -0.3 is 9.55 Å². The molecule has 1 radical (unpaired) electrons. The zero-order chi connectivity index (χ0) is 42.3. The molecule has 1 N–H and O–H groups in total. The molecule has 3 aromatic heterocycles. The number of nitrogens with one attached hydrogen (secondary N) is 1. The number of hydrogen-bond donors (Lipinski definition) is 1. The van der Waals surface area contributed by atoms with Gasteiger partial charge in [-0.25, -0.2) is 9.97 Å². The van der Waals surface area contributed by atoms with E-state index in [9.17, 15) is 0 Å². The van der Waals surface area contributed by atoms with Gasteiger partial charge >= 0.3 is 0 Å². The van der Waals surface area contributed by atoms with Crippen LogP contribution < -0.4 is 0 Å². The minimum absolute atomic E-state index is 0. The smallest absolute Gasteiger partial charge is 0.0737 e. The standard InChI is InChI=1S/C56H54N4.Mn/c1-30-19-34(5)49(35(6)20-30)52-47-18-17-45(59-47)28-44-14-13-42(57-44)27-43-15-16-46(58-43)29-48-53(50-36(7)21-31(2)22-37(50)8)54(51-38(9)23-32(3)24-39(51)10)56(52)60(48)55-40(11)25-33(4)26-41(55)12;/h13-29,57H,1-12H3;. The van der Waals surface area contributed by atoms with Crippen LogP contribution in [0.1, 0.15) is 89.5 Å². The monoisotopic (exact) mass is 837 g/mol. The van der Waals surface area contributed by atoms with Crippen molar-refractivity contribution in [1.82, 2.24) is 19.5 Å². The maximum absolute atomic E-state index is 5.56. The fraction of sp³-hybridized carbons (Fsp3) is 0.214. The molecule has 2 aliphatic heterocycles. The van der Waals surface area contributed by atoms with E-state index in [0.717, 1.165) is 50.4 Å². The van der Waals surface area contributed by atoms with Crippen LogP contribution in [-0.4, -0.2) is 19.5 Å². The maximum Gasteiger partial charge on any atom is 0.0737 e. The van der Waals surface area contributed by atoms with Gasteiger partial charge in [-0.2, -0.15) is 0 Å². The molecule has 0 unspecified atom stereocenters. The van der Waals surface area contributed by atoms with Crippen LogP contribution in [0.15, 0.2) is 78.9 Å². The fourth-order valence-electron chi connectivity index (χ4n) is 10.5. The third kappa shape index (κ3) is 7.34. The predicted molar refractivity (Wildman–Crippen MR) is 257 cm³/mol. The van der Waals surface area contributed by atoms with E-state index < -0.39 is 0 Å². The summed E-state index contributed by atoms with van der Waals surface area (Å²) in [5, 5.41) is 0. The Balaban J connectivity index is 0.00000514. The number of rotatable bonds is 4. The van der Waals surface area contributed by atoms with Crippen LogP contribution in [0.2, 0.25) is 0 Å². The van der Waals surface area contributed by atoms with Crippen molar-refractivity contribution in [2.24, 2.45) is 0 Å². The van der Waals surface area contributed by atoms with Gasteiger partial charge in [-0.3, -0.25) is 0 Å². The van der Waals surface area contributed by atoms with Crippen molar-refractivity contribution in [1.29, 1.82) is 0 Å². The van der Waals surface area contributed by atoms with E-state index in [0.29, 0.717) is 0 Å². The van der Waals surface area contributed by atoms with Crippen molar-refractivity contribution in [2.45, 2.75) is 83.1 Å². The van der Waals surface area contributed by atoms with E-state index in [1.807, 2.05) is 0 Å². The molecule has 0 fully saturated rings. The van der Waals surface area contributed by atoms with Gasteiger partial charge in [-0.15, -0.1) is 0 Å². The average molecular weight is 838 g/mol. The molecule has 0 amide bonds. The van der Waals surface area contributed by atoms with Crippen LogP contribution in [-0.2, 0) is 17.1 Å². The second kappa shape index (κ2) is 15.8. The second-order valence-corrected chi connectivity index (χ2v) is 17.6. The Morgan fingerprint density at radius 2 is 0.754 bits per heavy atom. The normalized spacial score (nSPS) is 12.0. The van der Waals surface area contributed by atoms with Gasteiger partial charge in [-0.05, 0) is 199 Å². The minimum atomic E-state index is 0. The maximum atomic E-state index is 5.56. The van der Waals surface area contributed by atoms with Crippen molar-refractivity contribution in [3.63, 3.8) is 0 Å². The predicted octanol–water partition coefficient (Wildman–Crippen LogP) is 14.8. The number of hydrogen-bond acceptors (Lipinski definition) is 2. The molecule has 5 heterocycles. The van der Waals surface area contributed by atoms with Crippen molar-refractivity contribution in [3.05, 3.63) is 168 Å². The van der Waals surface area contributed by atoms with Crippen LogP contribution in [0.25, 0.3) is 85.4 Å². The summed E-state index contributed by atoms with van der Waals surface area (Å²) in [5.74, 6) is 0. The Labute approximate surface area is 371 Å². The van der Waals surface area contributed by atoms with Crippen molar-refractivity contribution in [3.8, 4) is 39.1 Å². The Morgan fingerprint density at radius 1 is 0.377 bits per heavy atom. The summed E-state index contributed by atoms with van der Waals surface area (Å²) in [7, 11) is 0. The van der Waals surface area contributed by atoms with Gasteiger partial charge in [0.1, 0.15) is 0 Å². The van der Waals surface area contributed by atoms with Gasteiger partial charge in [0, 0.05) is 44.8 Å². The third-order valence-electron chi connectivity index (χ3n) is 12.3. The summed E-state index contributed by atoms with van der Waals surface area (Å²) in [6.45, 7) is 27.0. The summed E-state index contributed by atoms with van der Waals surface area (Å²) in [6, 6.07) is 29.6. The van der Waals surface area contributed by atoms with Crippen LogP contribution in [0.3, 0.4) is 0 Å². The van der Waals surface area contributed by atoms with Crippen LogP contribution in [0.4, 0.5) is 0 Å². The summed E-state index contributed by atoms with van der Waals surface area (Å²) >= 11 is 0. The van der Waals surface area contributed by atoms with Crippen molar-refractivity contribution in [2.75, 3.05) is 0 Å².